The second-order valence-electron chi connectivity index (χ2n) is 6.11. The SMILES string of the molecule is CCOC(=O)CCC(O)=c1c(=O)cc(CCc2ccccc2)n2ncnc12. The third-order valence-corrected chi connectivity index (χ3v) is 4.26. The van der Waals surface area contributed by atoms with Gasteiger partial charge in [-0.15, -0.1) is 0 Å². The predicted octanol–water partition coefficient (Wildman–Crippen LogP) is 1.60. The summed E-state index contributed by atoms with van der Waals surface area (Å²) in [6.45, 7) is 1.99. The Balaban J connectivity index is 1.91. The van der Waals surface area contributed by atoms with Crippen molar-refractivity contribution in [2.24, 2.45) is 0 Å². The Kier molecular flexibility index (Phi) is 5.80. The summed E-state index contributed by atoms with van der Waals surface area (Å²) in [5.41, 5.74) is 1.84. The quantitative estimate of drug-likeness (QED) is 0.638. The van der Waals surface area contributed by atoms with E-state index in [1.807, 2.05) is 30.3 Å². The van der Waals surface area contributed by atoms with Crippen LogP contribution in [0.3, 0.4) is 0 Å². The van der Waals surface area contributed by atoms with Crippen LogP contribution in [0.25, 0.3) is 11.4 Å². The third-order valence-electron chi connectivity index (χ3n) is 4.26. The van der Waals surface area contributed by atoms with E-state index in [0.29, 0.717) is 12.1 Å². The number of pyridine rings is 1. The van der Waals surface area contributed by atoms with Gasteiger partial charge in [0, 0.05) is 18.2 Å². The molecule has 1 aromatic carbocycles. The fraction of sp³-hybridized carbons (Fsp3) is 0.300. The number of aliphatic hydroxyl groups is 1. The van der Waals surface area contributed by atoms with Gasteiger partial charge in [0.05, 0.1) is 13.0 Å². The highest BCUT2D eigenvalue weighted by atomic mass is 16.5. The standard InChI is InChI=1S/C20H21N3O4/c1-2-27-18(26)11-10-16(24)19-17(25)12-15(23-20(19)21-13-22-23)9-8-14-6-4-3-5-7-14/h3-7,12-13,24H,2,8-11H2,1H3. The van der Waals surface area contributed by atoms with E-state index < -0.39 is 5.97 Å². The van der Waals surface area contributed by atoms with Crippen LogP contribution in [-0.4, -0.2) is 32.3 Å². The molecule has 7 heteroatoms. The van der Waals surface area contributed by atoms with Crippen LogP contribution < -0.4 is 10.6 Å². The molecule has 0 bridgehead atoms. The maximum Gasteiger partial charge on any atom is 0.306 e. The van der Waals surface area contributed by atoms with Crippen LogP contribution in [-0.2, 0) is 22.4 Å². The second kappa shape index (κ2) is 8.44. The van der Waals surface area contributed by atoms with Crippen LogP contribution in [0.1, 0.15) is 31.0 Å². The molecule has 0 atom stereocenters. The molecule has 140 valence electrons. The lowest BCUT2D eigenvalue weighted by Gasteiger charge is -2.06. The molecule has 7 nitrogen and oxygen atoms in total. The molecular weight excluding hydrogens is 346 g/mol. The lowest BCUT2D eigenvalue weighted by Crippen LogP contribution is -2.31. The molecular formula is C20H21N3O4. The number of aliphatic hydroxyl groups excluding tert-OH is 1. The molecule has 0 saturated carbocycles. The number of fused-ring (bicyclic) bond motifs is 1. The van der Waals surface area contributed by atoms with Crippen molar-refractivity contribution in [2.75, 3.05) is 6.61 Å². The number of carbonyl (C=O) groups excluding carboxylic acids is 1. The number of nitrogens with zero attached hydrogens (tertiary/aromatic N) is 3. The van der Waals surface area contributed by atoms with Crippen molar-refractivity contribution < 1.29 is 14.6 Å². The normalized spacial score (nSPS) is 12.2. The summed E-state index contributed by atoms with van der Waals surface area (Å²) in [4.78, 5) is 28.2. The molecule has 0 amide bonds. The first-order valence-corrected chi connectivity index (χ1v) is 8.87. The Morgan fingerprint density at radius 2 is 1.96 bits per heavy atom. The average Bonchev–Trinajstić information content (AvgIpc) is 3.15. The first kappa shape index (κ1) is 18.6. The highest BCUT2D eigenvalue weighted by Gasteiger charge is 2.13. The zero-order chi connectivity index (χ0) is 19.2. The molecule has 2 heterocycles. The summed E-state index contributed by atoms with van der Waals surface area (Å²) >= 11 is 0. The molecule has 0 aliphatic carbocycles. The Bertz CT molecular complexity index is 1040. The molecule has 0 fully saturated rings. The molecule has 1 N–H and O–H groups in total. The van der Waals surface area contributed by atoms with E-state index in [9.17, 15) is 14.7 Å². The monoisotopic (exact) mass is 367 g/mol. The molecule has 3 aromatic rings. The first-order chi connectivity index (χ1) is 13.1. The van der Waals surface area contributed by atoms with Crippen molar-refractivity contribution in [3.05, 3.63) is 69.4 Å². The summed E-state index contributed by atoms with van der Waals surface area (Å²) in [7, 11) is 0. The minimum Gasteiger partial charge on any atom is -0.511 e. The maximum atomic E-state index is 12.6. The number of hydrogen-bond donors (Lipinski definition) is 1. The molecule has 3 rings (SSSR count). The molecule has 2 aromatic heterocycles. The Labute approximate surface area is 155 Å². The van der Waals surface area contributed by atoms with Crippen LogP contribution in [0.2, 0.25) is 0 Å². The van der Waals surface area contributed by atoms with E-state index >= 15 is 0 Å². The number of hydrogen-bond acceptors (Lipinski definition) is 6. The number of esters is 1. The van der Waals surface area contributed by atoms with Gasteiger partial charge in [-0.1, -0.05) is 30.3 Å². The summed E-state index contributed by atoms with van der Waals surface area (Å²) in [6, 6.07) is 11.4. The lowest BCUT2D eigenvalue weighted by atomic mass is 10.1. The molecule has 27 heavy (non-hydrogen) atoms. The van der Waals surface area contributed by atoms with E-state index in [0.717, 1.165) is 17.7 Å². The van der Waals surface area contributed by atoms with Gasteiger partial charge in [-0.25, -0.2) is 9.50 Å². The van der Waals surface area contributed by atoms with E-state index in [1.54, 1.807) is 11.4 Å². The maximum absolute atomic E-state index is 12.6. The largest absolute Gasteiger partial charge is 0.511 e. The van der Waals surface area contributed by atoms with Gasteiger partial charge in [0.2, 0.25) is 0 Å². The van der Waals surface area contributed by atoms with Crippen LogP contribution in [0.4, 0.5) is 0 Å². The number of aromatic nitrogens is 3. The Hall–Kier alpha value is -3.22. The van der Waals surface area contributed by atoms with Crippen molar-refractivity contribution >= 4 is 17.4 Å². The summed E-state index contributed by atoms with van der Waals surface area (Å²) in [5, 5.41) is 14.6. The van der Waals surface area contributed by atoms with Crippen molar-refractivity contribution in [3.63, 3.8) is 0 Å². The van der Waals surface area contributed by atoms with Crippen LogP contribution >= 0.6 is 0 Å². The highest BCUT2D eigenvalue weighted by Crippen LogP contribution is 2.07. The van der Waals surface area contributed by atoms with Gasteiger partial charge in [0.25, 0.3) is 0 Å². The highest BCUT2D eigenvalue weighted by molar-refractivity contribution is 5.70. The first-order valence-electron chi connectivity index (χ1n) is 8.87. The molecule has 0 saturated heterocycles. The fourth-order valence-electron chi connectivity index (χ4n) is 2.96. The van der Waals surface area contributed by atoms with Gasteiger partial charge in [0.15, 0.2) is 11.1 Å². The lowest BCUT2D eigenvalue weighted by molar-refractivity contribution is -0.143. The summed E-state index contributed by atoms with van der Waals surface area (Å²) in [6.07, 6.45) is 2.73. The minimum atomic E-state index is -0.423. The minimum absolute atomic E-state index is 0.00479. The molecule has 0 aliphatic rings. The molecule has 0 spiro atoms. The van der Waals surface area contributed by atoms with Gasteiger partial charge < -0.3 is 9.84 Å². The van der Waals surface area contributed by atoms with Crippen LogP contribution in [0.5, 0.6) is 0 Å². The summed E-state index contributed by atoms with van der Waals surface area (Å²) < 4.78 is 6.42. The van der Waals surface area contributed by atoms with E-state index in [2.05, 4.69) is 10.1 Å². The zero-order valence-electron chi connectivity index (χ0n) is 15.1. The number of carbonyl (C=O) groups is 1. The summed E-state index contributed by atoms with van der Waals surface area (Å²) in [5.74, 6) is -0.603. The smallest absolute Gasteiger partial charge is 0.306 e. The van der Waals surface area contributed by atoms with Crippen LogP contribution in [0, 0.1) is 0 Å². The van der Waals surface area contributed by atoms with E-state index in [4.69, 9.17) is 4.74 Å². The van der Waals surface area contributed by atoms with Crippen LogP contribution in [0.15, 0.2) is 47.5 Å². The van der Waals surface area contributed by atoms with Crippen molar-refractivity contribution in [3.8, 4) is 0 Å². The molecule has 0 unspecified atom stereocenters. The van der Waals surface area contributed by atoms with Crippen molar-refractivity contribution in [2.45, 2.75) is 32.6 Å². The number of benzene rings is 1. The Morgan fingerprint density at radius 3 is 2.70 bits per heavy atom. The van der Waals surface area contributed by atoms with Gasteiger partial charge in [-0.05, 0) is 25.3 Å². The fourth-order valence-corrected chi connectivity index (χ4v) is 2.96. The second-order valence-corrected chi connectivity index (χ2v) is 6.11. The number of ether oxygens (including phenoxy) is 1. The predicted molar refractivity (Wildman–Crippen MR) is 100 cm³/mol. The number of aryl methyl sites for hydroxylation is 2. The van der Waals surface area contributed by atoms with Gasteiger partial charge >= 0.3 is 5.97 Å². The van der Waals surface area contributed by atoms with E-state index in [-0.39, 0.29) is 35.9 Å². The van der Waals surface area contributed by atoms with Crippen molar-refractivity contribution in [1.29, 1.82) is 0 Å². The number of rotatable bonds is 7. The van der Waals surface area contributed by atoms with Gasteiger partial charge in [-0.2, -0.15) is 5.10 Å². The van der Waals surface area contributed by atoms with E-state index in [1.165, 1.54) is 12.4 Å². The third kappa shape index (κ3) is 4.31. The topological polar surface area (TPSA) is 93.8 Å². The molecule has 0 radical (unpaired) electrons. The van der Waals surface area contributed by atoms with Crippen molar-refractivity contribution in [1.82, 2.24) is 14.6 Å². The Morgan fingerprint density at radius 1 is 1.19 bits per heavy atom. The molecule has 0 aliphatic heterocycles. The zero-order valence-corrected chi connectivity index (χ0v) is 15.1. The van der Waals surface area contributed by atoms with Gasteiger partial charge in [-0.3, -0.25) is 9.59 Å². The van der Waals surface area contributed by atoms with Gasteiger partial charge in [0.1, 0.15) is 17.3 Å². The average molecular weight is 367 g/mol.